The molecule has 5 nitrogen and oxygen atoms in total. The van der Waals surface area contributed by atoms with Gasteiger partial charge in [0.1, 0.15) is 12.4 Å². The summed E-state index contributed by atoms with van der Waals surface area (Å²) in [6, 6.07) is 21.1. The van der Waals surface area contributed by atoms with Gasteiger partial charge in [-0.2, -0.15) is 0 Å². The molecule has 0 aliphatic heterocycles. The van der Waals surface area contributed by atoms with E-state index in [9.17, 15) is 4.79 Å². The van der Waals surface area contributed by atoms with Gasteiger partial charge in [-0.25, -0.2) is 4.79 Å². The number of anilines is 1. The molecule has 0 radical (unpaired) electrons. The molecule has 3 aromatic rings. The summed E-state index contributed by atoms with van der Waals surface area (Å²) in [6.45, 7) is 2.95. The molecule has 0 aliphatic rings. The molecule has 2 amide bonds. The van der Waals surface area contributed by atoms with Crippen molar-refractivity contribution >= 4 is 11.7 Å². The minimum Gasteiger partial charge on any atom is -0.487 e. The first-order chi connectivity index (χ1) is 13.2. The van der Waals surface area contributed by atoms with Crippen LogP contribution in [0.15, 0.2) is 72.9 Å². The number of nitrogens with zero attached hydrogens (tertiary/aromatic N) is 1. The average Bonchev–Trinajstić information content (AvgIpc) is 2.70. The molecule has 0 atom stereocenters. The predicted octanol–water partition coefficient (Wildman–Crippen LogP) is 4.33. The molecule has 2 aromatic carbocycles. The first-order valence-corrected chi connectivity index (χ1v) is 8.93. The van der Waals surface area contributed by atoms with Crippen LogP contribution in [0.5, 0.6) is 5.75 Å². The van der Waals surface area contributed by atoms with Crippen molar-refractivity contribution < 1.29 is 9.53 Å². The van der Waals surface area contributed by atoms with E-state index in [1.165, 1.54) is 0 Å². The Bertz CT molecular complexity index is 867. The molecule has 138 valence electrons. The Hall–Kier alpha value is -3.34. The van der Waals surface area contributed by atoms with Gasteiger partial charge in [0.05, 0.1) is 5.69 Å². The van der Waals surface area contributed by atoms with Gasteiger partial charge in [-0.1, -0.05) is 42.5 Å². The van der Waals surface area contributed by atoms with Crippen LogP contribution >= 0.6 is 0 Å². The quantitative estimate of drug-likeness (QED) is 0.658. The fourth-order valence-electron chi connectivity index (χ4n) is 2.60. The summed E-state index contributed by atoms with van der Waals surface area (Å²) >= 11 is 0. The van der Waals surface area contributed by atoms with Crippen molar-refractivity contribution in [3.05, 3.63) is 89.7 Å². The monoisotopic (exact) mass is 361 g/mol. The molecule has 1 aromatic heterocycles. The van der Waals surface area contributed by atoms with E-state index >= 15 is 0 Å². The number of amides is 2. The molecule has 2 N–H and O–H groups in total. The van der Waals surface area contributed by atoms with Crippen molar-refractivity contribution in [3.63, 3.8) is 0 Å². The fraction of sp³-hybridized carbons (Fsp3) is 0.182. The van der Waals surface area contributed by atoms with Crippen LogP contribution in [-0.2, 0) is 13.0 Å². The first-order valence-electron chi connectivity index (χ1n) is 8.93. The number of hydrogen-bond donors (Lipinski definition) is 2. The van der Waals surface area contributed by atoms with Crippen molar-refractivity contribution in [1.29, 1.82) is 0 Å². The molecule has 0 saturated carbocycles. The summed E-state index contributed by atoms with van der Waals surface area (Å²) in [5, 5.41) is 5.71. The van der Waals surface area contributed by atoms with E-state index in [2.05, 4.69) is 15.6 Å². The van der Waals surface area contributed by atoms with Gasteiger partial charge in [0.15, 0.2) is 0 Å². The molecule has 1 heterocycles. The second kappa shape index (κ2) is 9.38. The van der Waals surface area contributed by atoms with Gasteiger partial charge >= 0.3 is 6.03 Å². The maximum absolute atomic E-state index is 12.2. The standard InChI is InChI=1S/C22H23N3O2/c1-17-10-11-20(21(15-17)27-16-18-7-3-2-4-8-18)25-22(26)24-14-12-19-9-5-6-13-23-19/h2-11,13,15H,12,14,16H2,1H3,(H2,24,25,26). The topological polar surface area (TPSA) is 63.2 Å². The summed E-state index contributed by atoms with van der Waals surface area (Å²) in [5.41, 5.74) is 3.73. The van der Waals surface area contributed by atoms with Crippen LogP contribution in [0.2, 0.25) is 0 Å². The van der Waals surface area contributed by atoms with Crippen LogP contribution < -0.4 is 15.4 Å². The summed E-state index contributed by atoms with van der Waals surface area (Å²) in [7, 11) is 0. The number of urea groups is 1. The number of rotatable bonds is 7. The Kier molecular flexibility index (Phi) is 6.41. The van der Waals surface area contributed by atoms with E-state index in [1.807, 2.05) is 73.7 Å². The van der Waals surface area contributed by atoms with E-state index in [1.54, 1.807) is 6.20 Å². The minimum atomic E-state index is -0.264. The average molecular weight is 361 g/mol. The van der Waals surface area contributed by atoms with Gasteiger partial charge in [0.2, 0.25) is 0 Å². The summed E-state index contributed by atoms with van der Waals surface area (Å²) in [5.74, 6) is 0.652. The number of aryl methyl sites for hydroxylation is 1. The first kappa shape index (κ1) is 18.5. The normalized spacial score (nSPS) is 10.3. The molecular weight excluding hydrogens is 338 g/mol. The largest absolute Gasteiger partial charge is 0.487 e. The van der Waals surface area contributed by atoms with Crippen LogP contribution in [0.1, 0.15) is 16.8 Å². The Labute approximate surface area is 159 Å². The van der Waals surface area contributed by atoms with Gasteiger partial charge in [-0.05, 0) is 42.3 Å². The number of carbonyl (C=O) groups excluding carboxylic acids is 1. The van der Waals surface area contributed by atoms with Crippen molar-refractivity contribution in [3.8, 4) is 5.75 Å². The molecule has 0 spiro atoms. The number of aromatic nitrogens is 1. The lowest BCUT2D eigenvalue weighted by molar-refractivity contribution is 0.252. The molecule has 3 rings (SSSR count). The number of benzene rings is 2. The third-order valence-corrected chi connectivity index (χ3v) is 4.02. The van der Waals surface area contributed by atoms with Crippen molar-refractivity contribution in [2.45, 2.75) is 20.0 Å². The van der Waals surface area contributed by atoms with Gasteiger partial charge in [-0.15, -0.1) is 0 Å². The third kappa shape index (κ3) is 5.85. The van der Waals surface area contributed by atoms with Crippen LogP contribution in [0, 0.1) is 6.92 Å². The number of ether oxygens (including phenoxy) is 1. The lowest BCUT2D eigenvalue weighted by atomic mass is 10.2. The lowest BCUT2D eigenvalue weighted by Gasteiger charge is -2.14. The highest BCUT2D eigenvalue weighted by atomic mass is 16.5. The Morgan fingerprint density at radius 2 is 1.85 bits per heavy atom. The Balaban J connectivity index is 1.56. The summed E-state index contributed by atoms with van der Waals surface area (Å²) in [6.07, 6.45) is 2.43. The number of pyridine rings is 1. The van der Waals surface area contributed by atoms with Crippen molar-refractivity contribution in [2.75, 3.05) is 11.9 Å². The molecular formula is C22H23N3O2. The Morgan fingerprint density at radius 1 is 1.04 bits per heavy atom. The summed E-state index contributed by atoms with van der Waals surface area (Å²) < 4.78 is 5.93. The second-order valence-corrected chi connectivity index (χ2v) is 6.23. The fourth-order valence-corrected chi connectivity index (χ4v) is 2.60. The molecule has 0 fully saturated rings. The zero-order chi connectivity index (χ0) is 18.9. The van der Waals surface area contributed by atoms with E-state index in [0.717, 1.165) is 16.8 Å². The van der Waals surface area contributed by atoms with Crippen LogP contribution in [0.3, 0.4) is 0 Å². The van der Waals surface area contributed by atoms with Gasteiger partial charge in [0.25, 0.3) is 0 Å². The van der Waals surface area contributed by atoms with Gasteiger partial charge in [0, 0.05) is 24.9 Å². The third-order valence-electron chi connectivity index (χ3n) is 4.02. The smallest absolute Gasteiger partial charge is 0.319 e. The zero-order valence-electron chi connectivity index (χ0n) is 15.3. The molecule has 0 saturated heterocycles. The highest BCUT2D eigenvalue weighted by Crippen LogP contribution is 2.26. The zero-order valence-corrected chi connectivity index (χ0v) is 15.3. The van der Waals surface area contributed by atoms with Crippen LogP contribution in [-0.4, -0.2) is 17.6 Å². The molecule has 0 bridgehead atoms. The van der Waals surface area contributed by atoms with Gasteiger partial charge in [-0.3, -0.25) is 4.98 Å². The highest BCUT2D eigenvalue weighted by molar-refractivity contribution is 5.90. The van der Waals surface area contributed by atoms with E-state index < -0.39 is 0 Å². The SMILES string of the molecule is Cc1ccc(NC(=O)NCCc2ccccn2)c(OCc2ccccc2)c1. The van der Waals surface area contributed by atoms with E-state index in [4.69, 9.17) is 4.74 Å². The molecule has 5 heteroatoms. The maximum Gasteiger partial charge on any atom is 0.319 e. The minimum absolute atomic E-state index is 0.264. The summed E-state index contributed by atoms with van der Waals surface area (Å²) in [4.78, 5) is 16.5. The van der Waals surface area contributed by atoms with E-state index in [-0.39, 0.29) is 6.03 Å². The highest BCUT2D eigenvalue weighted by Gasteiger charge is 2.09. The Morgan fingerprint density at radius 3 is 2.63 bits per heavy atom. The van der Waals surface area contributed by atoms with Gasteiger partial charge < -0.3 is 15.4 Å². The molecule has 0 unspecified atom stereocenters. The van der Waals surface area contributed by atoms with Crippen LogP contribution in [0.25, 0.3) is 0 Å². The number of hydrogen-bond acceptors (Lipinski definition) is 3. The molecule has 27 heavy (non-hydrogen) atoms. The number of carbonyl (C=O) groups is 1. The van der Waals surface area contributed by atoms with Crippen LogP contribution in [0.4, 0.5) is 10.5 Å². The maximum atomic E-state index is 12.2. The molecule has 0 aliphatic carbocycles. The second-order valence-electron chi connectivity index (χ2n) is 6.23. The van der Waals surface area contributed by atoms with Crippen molar-refractivity contribution in [1.82, 2.24) is 10.3 Å². The number of nitrogens with one attached hydrogen (secondary N) is 2. The predicted molar refractivity (Wildman–Crippen MR) is 107 cm³/mol. The van der Waals surface area contributed by atoms with Crippen molar-refractivity contribution in [2.24, 2.45) is 0 Å². The lowest BCUT2D eigenvalue weighted by Crippen LogP contribution is -2.30. The van der Waals surface area contributed by atoms with E-state index in [0.29, 0.717) is 31.0 Å².